The van der Waals surface area contributed by atoms with Crippen molar-refractivity contribution >= 4 is 22.1 Å². The smallest absolute Gasteiger partial charge is 0.216 e. The minimum atomic E-state index is 0. The first-order valence-corrected chi connectivity index (χ1v) is 14.6. The van der Waals surface area contributed by atoms with E-state index in [-0.39, 0.29) is 25.5 Å². The second kappa shape index (κ2) is 13.9. The zero-order valence-electron chi connectivity index (χ0n) is 25.0. The summed E-state index contributed by atoms with van der Waals surface area (Å²) in [5, 5.41) is 2.08. The summed E-state index contributed by atoms with van der Waals surface area (Å²) in [5.41, 5.74) is 8.88. The van der Waals surface area contributed by atoms with Crippen LogP contribution in [0.4, 0.5) is 0 Å². The monoisotopic (exact) mass is 752 g/mol. The summed E-state index contributed by atoms with van der Waals surface area (Å²) in [6.45, 7) is 6.62. The molecular formula is C39H33IrN3O-2. The van der Waals surface area contributed by atoms with Crippen LogP contribution in [0, 0.1) is 12.1 Å². The number of pyridine rings is 3. The van der Waals surface area contributed by atoms with Gasteiger partial charge in [0.05, 0.1) is 5.58 Å². The number of furan rings is 1. The fourth-order valence-electron chi connectivity index (χ4n) is 5.02. The van der Waals surface area contributed by atoms with Gasteiger partial charge < -0.3 is 14.4 Å². The zero-order chi connectivity index (χ0) is 29.6. The molecule has 0 amide bonds. The van der Waals surface area contributed by atoms with E-state index in [9.17, 15) is 0 Å². The average molecular weight is 752 g/mol. The van der Waals surface area contributed by atoms with Gasteiger partial charge in [-0.25, -0.2) is 4.98 Å². The van der Waals surface area contributed by atoms with Crippen LogP contribution in [0.15, 0.2) is 126 Å². The van der Waals surface area contributed by atoms with Gasteiger partial charge >= 0.3 is 0 Å². The van der Waals surface area contributed by atoms with Gasteiger partial charge in [-0.1, -0.05) is 80.3 Å². The number of aryl methyl sites for hydroxylation is 2. The van der Waals surface area contributed by atoms with Crippen LogP contribution in [0.25, 0.3) is 44.6 Å². The Balaban J connectivity index is 0.000000248. The minimum Gasteiger partial charge on any atom is -0.486 e. The Kier molecular flexibility index (Phi) is 9.79. The van der Waals surface area contributed by atoms with Crippen molar-refractivity contribution in [1.82, 2.24) is 15.0 Å². The van der Waals surface area contributed by atoms with E-state index in [1.165, 1.54) is 11.1 Å². The average Bonchev–Trinajstić information content (AvgIpc) is 3.43. The molecule has 4 heterocycles. The molecule has 0 aliphatic heterocycles. The van der Waals surface area contributed by atoms with Crippen LogP contribution in [-0.4, -0.2) is 15.0 Å². The summed E-state index contributed by atoms with van der Waals surface area (Å²) >= 11 is 0. The molecule has 7 rings (SSSR count). The first-order chi connectivity index (χ1) is 21.0. The second-order valence-electron chi connectivity index (χ2n) is 11.5. The van der Waals surface area contributed by atoms with E-state index in [0.29, 0.717) is 5.71 Å². The maximum Gasteiger partial charge on any atom is 0.216 e. The van der Waals surface area contributed by atoms with E-state index < -0.39 is 0 Å². The van der Waals surface area contributed by atoms with Crippen LogP contribution in [0.3, 0.4) is 0 Å². The summed E-state index contributed by atoms with van der Waals surface area (Å²) in [6.07, 6.45) is 5.49. The number of benzene rings is 3. The molecule has 0 saturated heterocycles. The van der Waals surface area contributed by atoms with Gasteiger partial charge in [-0.3, -0.25) is 0 Å². The maximum atomic E-state index is 6.27. The van der Waals surface area contributed by atoms with Crippen molar-refractivity contribution in [3.8, 4) is 22.5 Å². The van der Waals surface area contributed by atoms with Gasteiger partial charge in [0.2, 0.25) is 5.71 Å². The van der Waals surface area contributed by atoms with Gasteiger partial charge in [0, 0.05) is 43.6 Å². The van der Waals surface area contributed by atoms with Gasteiger partial charge in [0.25, 0.3) is 0 Å². The summed E-state index contributed by atoms with van der Waals surface area (Å²) in [7, 11) is 0. The first-order valence-electron chi connectivity index (χ1n) is 14.6. The molecule has 0 spiro atoms. The third kappa shape index (κ3) is 7.19. The molecule has 221 valence electrons. The van der Waals surface area contributed by atoms with Crippen molar-refractivity contribution in [2.45, 2.75) is 39.0 Å². The van der Waals surface area contributed by atoms with Crippen molar-refractivity contribution in [2.24, 2.45) is 0 Å². The van der Waals surface area contributed by atoms with E-state index >= 15 is 0 Å². The number of hydrogen-bond acceptors (Lipinski definition) is 4. The quantitative estimate of drug-likeness (QED) is 0.165. The molecule has 4 aromatic heterocycles. The number of hydrogen-bond donors (Lipinski definition) is 0. The Bertz CT molecular complexity index is 1910. The van der Waals surface area contributed by atoms with Crippen molar-refractivity contribution in [1.29, 1.82) is 0 Å². The topological polar surface area (TPSA) is 51.8 Å². The van der Waals surface area contributed by atoms with E-state index in [1.807, 2.05) is 66.9 Å². The minimum absolute atomic E-state index is 0. The molecule has 44 heavy (non-hydrogen) atoms. The summed E-state index contributed by atoms with van der Waals surface area (Å²) < 4.78 is 6.27. The molecule has 4 nitrogen and oxygen atoms in total. The molecular weight excluding hydrogens is 719 g/mol. The van der Waals surface area contributed by atoms with Crippen LogP contribution in [-0.2, 0) is 38.4 Å². The molecule has 0 aliphatic rings. The zero-order valence-corrected chi connectivity index (χ0v) is 27.4. The summed E-state index contributed by atoms with van der Waals surface area (Å²) in [6, 6.07) is 43.1. The second-order valence-corrected chi connectivity index (χ2v) is 11.5. The Morgan fingerprint density at radius 3 is 2.23 bits per heavy atom. The molecule has 0 N–H and O–H groups in total. The van der Waals surface area contributed by atoms with E-state index in [2.05, 4.69) is 91.4 Å². The molecule has 0 bridgehead atoms. The number of rotatable bonds is 5. The maximum absolute atomic E-state index is 6.27. The Labute approximate surface area is 272 Å². The number of nitrogens with zero attached hydrogens (tertiary/aromatic N) is 3. The Morgan fingerprint density at radius 2 is 1.48 bits per heavy atom. The Hall–Kier alpha value is -4.44. The molecule has 0 fully saturated rings. The van der Waals surface area contributed by atoms with Crippen molar-refractivity contribution in [3.05, 3.63) is 151 Å². The van der Waals surface area contributed by atoms with Crippen LogP contribution >= 0.6 is 0 Å². The summed E-state index contributed by atoms with van der Waals surface area (Å²) in [5.74, 6) is 0. The van der Waals surface area contributed by atoms with Crippen LogP contribution in [0.5, 0.6) is 0 Å². The fourth-order valence-corrected chi connectivity index (χ4v) is 5.02. The molecule has 0 saturated carbocycles. The van der Waals surface area contributed by atoms with E-state index in [1.54, 1.807) is 6.20 Å². The first kappa shape index (κ1) is 31.0. The van der Waals surface area contributed by atoms with Crippen molar-refractivity contribution in [2.75, 3.05) is 0 Å². The third-order valence-corrected chi connectivity index (χ3v) is 7.40. The molecule has 0 aliphatic carbocycles. The van der Waals surface area contributed by atoms with Crippen LogP contribution in [0.2, 0.25) is 0 Å². The number of aromatic nitrogens is 3. The predicted molar refractivity (Wildman–Crippen MR) is 175 cm³/mol. The number of fused-ring (bicyclic) bond motifs is 3. The van der Waals surface area contributed by atoms with Gasteiger partial charge in [0.1, 0.15) is 0 Å². The third-order valence-electron chi connectivity index (χ3n) is 7.40. The van der Waals surface area contributed by atoms with Crippen LogP contribution in [0.1, 0.15) is 37.6 Å². The molecule has 7 aromatic rings. The predicted octanol–water partition coefficient (Wildman–Crippen LogP) is 9.47. The van der Waals surface area contributed by atoms with E-state index in [4.69, 9.17) is 9.40 Å². The molecule has 0 unspecified atom stereocenters. The van der Waals surface area contributed by atoms with Crippen LogP contribution < -0.4 is 0 Å². The van der Waals surface area contributed by atoms with Gasteiger partial charge in [-0.15, -0.1) is 54.1 Å². The molecule has 0 atom stereocenters. The normalized spacial score (nSPS) is 11.1. The molecule has 5 heteroatoms. The van der Waals surface area contributed by atoms with Gasteiger partial charge in [-0.2, -0.15) is 0 Å². The Morgan fingerprint density at radius 1 is 0.682 bits per heavy atom. The summed E-state index contributed by atoms with van der Waals surface area (Å²) in [4.78, 5) is 13.6. The standard InChI is InChI=1S/C28H25N2O.C11H8N.Ir/c1-28(2,3)20-16-17-29-25(18-20)24-11-7-10-22-23-15-14-21(30-27(23)31-26(22)24)13-12-19-8-5-4-6-9-19;1-2-6-10(7-3-1)11-8-4-5-9-12-11;/h4-10,14-18H,12-13H2,1-3H3;1-6,8-9H;/q2*-1;. The molecule has 3 aromatic carbocycles. The SMILES string of the molecule is CC(C)(C)c1ccnc(-c2[c-]ccc3c2oc2nc(CCc4ccccc4)ccc23)c1.[Ir].[c-]1ccccc1-c1ccccn1. The van der Waals surface area contributed by atoms with Crippen molar-refractivity contribution in [3.63, 3.8) is 0 Å². The van der Waals surface area contributed by atoms with E-state index in [0.717, 1.165) is 57.4 Å². The van der Waals surface area contributed by atoms with Crippen molar-refractivity contribution < 1.29 is 24.5 Å². The van der Waals surface area contributed by atoms with Gasteiger partial charge in [0.15, 0.2) is 0 Å². The molecule has 1 radical (unpaired) electrons. The fraction of sp³-hybridized carbons (Fsp3) is 0.154. The largest absolute Gasteiger partial charge is 0.486 e. The van der Waals surface area contributed by atoms with Gasteiger partial charge in [-0.05, 0) is 65.0 Å².